The van der Waals surface area contributed by atoms with Crippen LogP contribution in [-0.2, 0) is 17.9 Å². The predicted octanol–water partition coefficient (Wildman–Crippen LogP) is 3.77. The van der Waals surface area contributed by atoms with Crippen molar-refractivity contribution in [2.24, 2.45) is 0 Å². The van der Waals surface area contributed by atoms with Crippen LogP contribution in [0.3, 0.4) is 0 Å². The maximum Gasteiger partial charge on any atom is 0.347 e. The highest BCUT2D eigenvalue weighted by Gasteiger charge is 2.13. The van der Waals surface area contributed by atoms with Crippen LogP contribution in [0.5, 0.6) is 0 Å². The number of carbonyl (C=O) groups is 1. The number of benzene rings is 1. The molecule has 1 N–H and O–H groups in total. The van der Waals surface area contributed by atoms with Gasteiger partial charge >= 0.3 is 5.69 Å². The van der Waals surface area contributed by atoms with Crippen LogP contribution in [0.2, 0.25) is 0 Å². The Labute approximate surface area is 170 Å². The smallest absolute Gasteiger partial charge is 0.328 e. The molecule has 1 aromatic carbocycles. The van der Waals surface area contributed by atoms with Gasteiger partial charge in [0.2, 0.25) is 5.91 Å². The molecule has 2 aromatic heterocycles. The quantitative estimate of drug-likeness (QED) is 0.660. The maximum atomic E-state index is 12.4. The molecule has 3 rings (SSSR count). The Kier molecular flexibility index (Phi) is 6.15. The highest BCUT2D eigenvalue weighted by atomic mass is 16.2. The summed E-state index contributed by atoms with van der Waals surface area (Å²) >= 11 is 0. The lowest BCUT2D eigenvalue weighted by Gasteiger charge is -2.10. The van der Waals surface area contributed by atoms with Crippen LogP contribution in [0.15, 0.2) is 29.1 Å². The summed E-state index contributed by atoms with van der Waals surface area (Å²) in [4.78, 5) is 33.1. The molecule has 0 aliphatic rings. The van der Waals surface area contributed by atoms with Gasteiger partial charge in [-0.3, -0.25) is 9.36 Å². The van der Waals surface area contributed by atoms with Crippen molar-refractivity contribution in [1.29, 1.82) is 0 Å². The Bertz CT molecular complexity index is 1090. The molecule has 7 nitrogen and oxygen atoms in total. The highest BCUT2D eigenvalue weighted by Crippen LogP contribution is 2.24. The highest BCUT2D eigenvalue weighted by molar-refractivity contribution is 5.93. The maximum absolute atomic E-state index is 12.4. The van der Waals surface area contributed by atoms with E-state index < -0.39 is 0 Å². The van der Waals surface area contributed by atoms with Crippen LogP contribution >= 0.6 is 0 Å². The fourth-order valence-corrected chi connectivity index (χ4v) is 3.67. The molecule has 0 saturated heterocycles. The molecule has 0 atom stereocenters. The molecule has 2 heterocycles. The zero-order valence-electron chi connectivity index (χ0n) is 17.8. The Hall–Kier alpha value is -2.96. The Morgan fingerprint density at radius 2 is 1.90 bits per heavy atom. The lowest BCUT2D eigenvalue weighted by atomic mass is 10.2. The van der Waals surface area contributed by atoms with Crippen molar-refractivity contribution in [1.82, 2.24) is 19.1 Å². The zero-order valence-corrected chi connectivity index (χ0v) is 17.8. The lowest BCUT2D eigenvalue weighted by Crippen LogP contribution is -2.26. The number of nitrogens with one attached hydrogen (secondary N) is 1. The number of anilines is 1. The first-order chi connectivity index (χ1) is 13.8. The molecule has 7 heteroatoms. The third kappa shape index (κ3) is 4.55. The molecule has 0 spiro atoms. The molecule has 0 bridgehead atoms. The van der Waals surface area contributed by atoms with Crippen molar-refractivity contribution in [3.63, 3.8) is 0 Å². The summed E-state index contributed by atoms with van der Waals surface area (Å²) in [6, 6.07) is 7.71. The summed E-state index contributed by atoms with van der Waals surface area (Å²) < 4.78 is 3.82. The second kappa shape index (κ2) is 8.59. The van der Waals surface area contributed by atoms with Crippen LogP contribution in [-0.4, -0.2) is 25.0 Å². The zero-order chi connectivity index (χ0) is 21.1. The molecule has 29 heavy (non-hydrogen) atoms. The molecule has 3 aromatic rings. The average molecular weight is 396 g/mol. The monoisotopic (exact) mass is 395 g/mol. The van der Waals surface area contributed by atoms with Gasteiger partial charge in [0.1, 0.15) is 5.82 Å². The van der Waals surface area contributed by atoms with Crippen LogP contribution in [0.4, 0.5) is 5.69 Å². The van der Waals surface area contributed by atoms with Gasteiger partial charge in [-0.1, -0.05) is 13.8 Å². The van der Waals surface area contributed by atoms with Crippen LogP contribution in [0, 0.1) is 13.8 Å². The lowest BCUT2D eigenvalue weighted by molar-refractivity contribution is -0.116. The van der Waals surface area contributed by atoms with Gasteiger partial charge in [0.15, 0.2) is 0 Å². The van der Waals surface area contributed by atoms with Crippen molar-refractivity contribution in [2.75, 3.05) is 5.32 Å². The number of carbonyl (C=O) groups excluding carboxylic acids is 1. The SMILES string of the molecule is CCn1c(C(C)C)nc2cc(NC(=O)CCCn3c(C)cc(C)nc3=O)ccc21. The third-order valence-corrected chi connectivity index (χ3v) is 5.03. The molecule has 0 saturated carbocycles. The van der Waals surface area contributed by atoms with E-state index in [1.54, 1.807) is 11.5 Å². The Morgan fingerprint density at radius 1 is 1.14 bits per heavy atom. The number of imidazole rings is 1. The number of hydrogen-bond donors (Lipinski definition) is 1. The number of fused-ring (bicyclic) bond motifs is 1. The number of aromatic nitrogens is 4. The molecule has 0 fully saturated rings. The van der Waals surface area contributed by atoms with Gasteiger partial charge in [-0.15, -0.1) is 0 Å². The van der Waals surface area contributed by atoms with Gasteiger partial charge in [0.05, 0.1) is 11.0 Å². The van der Waals surface area contributed by atoms with Crippen molar-refractivity contribution < 1.29 is 4.79 Å². The predicted molar refractivity (Wildman–Crippen MR) is 115 cm³/mol. The van der Waals surface area contributed by atoms with E-state index in [0.717, 1.165) is 34.8 Å². The minimum atomic E-state index is -0.263. The molecule has 1 amide bonds. The van der Waals surface area contributed by atoms with E-state index in [1.807, 2.05) is 31.2 Å². The van der Waals surface area contributed by atoms with Crippen molar-refractivity contribution in [2.45, 2.75) is 66.5 Å². The van der Waals surface area contributed by atoms with E-state index in [2.05, 4.69) is 35.6 Å². The van der Waals surface area contributed by atoms with Gasteiger partial charge in [-0.2, -0.15) is 4.98 Å². The normalized spacial score (nSPS) is 11.4. The summed E-state index contributed by atoms with van der Waals surface area (Å²) in [5, 5.41) is 2.94. The Balaban J connectivity index is 1.65. The fourth-order valence-electron chi connectivity index (χ4n) is 3.67. The molecular formula is C22H29N5O2. The number of rotatable bonds is 7. The topological polar surface area (TPSA) is 81.8 Å². The number of hydrogen-bond acceptors (Lipinski definition) is 4. The van der Waals surface area contributed by atoms with E-state index in [-0.39, 0.29) is 11.6 Å². The summed E-state index contributed by atoms with van der Waals surface area (Å²) in [6.45, 7) is 11.4. The van der Waals surface area contributed by atoms with Gasteiger partial charge in [0, 0.05) is 42.5 Å². The fraction of sp³-hybridized carbons (Fsp3) is 0.455. The molecule has 0 aliphatic heterocycles. The largest absolute Gasteiger partial charge is 0.347 e. The van der Waals surface area contributed by atoms with Crippen molar-refractivity contribution in [3.8, 4) is 0 Å². The second-order valence-electron chi connectivity index (χ2n) is 7.70. The molecule has 154 valence electrons. The first kappa shape index (κ1) is 20.8. The standard InChI is InChI=1S/C22H29N5O2/c1-6-26-19-10-9-17(13-18(19)25-21(26)14(2)3)24-20(28)8-7-11-27-16(5)12-15(4)23-22(27)29/h9-10,12-14H,6-8,11H2,1-5H3,(H,24,28). The molecule has 0 unspecified atom stereocenters. The van der Waals surface area contributed by atoms with Crippen molar-refractivity contribution in [3.05, 3.63) is 52.0 Å². The first-order valence-corrected chi connectivity index (χ1v) is 10.1. The average Bonchev–Trinajstić information content (AvgIpc) is 3.02. The van der Waals surface area contributed by atoms with Gasteiger partial charge in [0.25, 0.3) is 0 Å². The van der Waals surface area contributed by atoms with E-state index in [1.165, 1.54) is 0 Å². The van der Waals surface area contributed by atoms with Crippen molar-refractivity contribution >= 4 is 22.6 Å². The van der Waals surface area contributed by atoms with Crippen LogP contribution in [0.1, 0.15) is 56.7 Å². The molecular weight excluding hydrogens is 366 g/mol. The minimum absolute atomic E-state index is 0.0749. The molecule has 0 radical (unpaired) electrons. The van der Waals surface area contributed by atoms with Crippen LogP contribution in [0.25, 0.3) is 11.0 Å². The number of nitrogens with zero attached hydrogens (tertiary/aromatic N) is 4. The van der Waals surface area contributed by atoms with E-state index >= 15 is 0 Å². The molecule has 0 aliphatic carbocycles. The van der Waals surface area contributed by atoms with E-state index in [0.29, 0.717) is 31.0 Å². The second-order valence-corrected chi connectivity index (χ2v) is 7.70. The summed E-state index contributed by atoms with van der Waals surface area (Å²) in [5.74, 6) is 1.32. The summed E-state index contributed by atoms with van der Waals surface area (Å²) in [7, 11) is 0. The van der Waals surface area contributed by atoms with Gasteiger partial charge in [-0.25, -0.2) is 9.78 Å². The summed E-state index contributed by atoms with van der Waals surface area (Å²) in [5.41, 5.74) is 4.02. The Morgan fingerprint density at radius 3 is 2.55 bits per heavy atom. The minimum Gasteiger partial charge on any atom is -0.328 e. The number of aryl methyl sites for hydroxylation is 3. The van der Waals surface area contributed by atoms with E-state index in [4.69, 9.17) is 4.98 Å². The van der Waals surface area contributed by atoms with Crippen LogP contribution < -0.4 is 11.0 Å². The van der Waals surface area contributed by atoms with Gasteiger partial charge in [-0.05, 0) is 51.5 Å². The van der Waals surface area contributed by atoms with E-state index in [9.17, 15) is 9.59 Å². The van der Waals surface area contributed by atoms with Gasteiger partial charge < -0.3 is 9.88 Å². The summed E-state index contributed by atoms with van der Waals surface area (Å²) in [6.07, 6.45) is 0.903. The number of amides is 1. The third-order valence-electron chi connectivity index (χ3n) is 5.03. The first-order valence-electron chi connectivity index (χ1n) is 10.1.